The smallest absolute Gasteiger partial charge is 1.00 e. The third-order valence-electron chi connectivity index (χ3n) is 12.4. The molecule has 2 saturated carbocycles. The minimum atomic E-state index is -3.93. The van der Waals surface area contributed by atoms with Gasteiger partial charge < -0.3 is 24.8 Å². The van der Waals surface area contributed by atoms with Crippen LogP contribution in [0.4, 0.5) is 13.2 Å². The van der Waals surface area contributed by atoms with E-state index in [1.165, 1.54) is 179 Å². The van der Waals surface area contributed by atoms with Crippen LogP contribution in [0.1, 0.15) is 121 Å². The molecular weight excluding hydrogens is 920 g/mol. The van der Waals surface area contributed by atoms with E-state index in [0.717, 1.165) is 24.7 Å². The van der Waals surface area contributed by atoms with Gasteiger partial charge in [-0.3, -0.25) is 0 Å². The molecular formula is C56H65Cl2F3SiZr-2. The first kappa shape index (κ1) is 52.9. The Morgan fingerprint density at radius 3 is 1.29 bits per heavy atom. The molecule has 0 spiro atoms. The molecule has 0 unspecified atom stereocenters. The largest absolute Gasteiger partial charge is 1.00 e. The van der Waals surface area contributed by atoms with Crippen LogP contribution in [0.2, 0.25) is 12.6 Å². The monoisotopic (exact) mass is 982 g/mol. The van der Waals surface area contributed by atoms with Gasteiger partial charge in [0.25, 0.3) is 0 Å². The summed E-state index contributed by atoms with van der Waals surface area (Å²) in [5.41, 5.74) is 10.2. The number of alkyl halides is 3. The zero-order valence-electron chi connectivity index (χ0n) is 37.7. The summed E-state index contributed by atoms with van der Waals surface area (Å²) in [6.07, 6.45) is 33.8. The Morgan fingerprint density at radius 2 is 0.968 bits per heavy atom. The number of benzene rings is 4. The summed E-state index contributed by atoms with van der Waals surface area (Å²) in [7, 11) is 0. The normalized spacial score (nSPS) is 17.3. The Hall–Kier alpha value is -2.69. The number of rotatable bonds is 10. The molecule has 0 atom stereocenters. The number of halogens is 5. The van der Waals surface area contributed by atoms with Gasteiger partial charge in [0.1, 0.15) is 0 Å². The van der Waals surface area contributed by atoms with Gasteiger partial charge in [-0.15, -0.1) is 80.6 Å². The molecule has 0 saturated heterocycles. The molecule has 0 heterocycles. The van der Waals surface area contributed by atoms with Crippen molar-refractivity contribution >= 4 is 29.7 Å². The molecule has 4 aromatic carbocycles. The van der Waals surface area contributed by atoms with Crippen LogP contribution in [0.25, 0.3) is 46.6 Å². The van der Waals surface area contributed by atoms with Crippen LogP contribution in [-0.2, 0) is 36.2 Å². The van der Waals surface area contributed by atoms with Gasteiger partial charge in [0.15, 0.2) is 0 Å². The van der Waals surface area contributed by atoms with Gasteiger partial charge in [0.05, 0.1) is 0 Å². The van der Waals surface area contributed by atoms with Crippen LogP contribution in [0.5, 0.6) is 0 Å². The molecule has 334 valence electrons. The molecule has 7 heteroatoms. The van der Waals surface area contributed by atoms with Crippen molar-refractivity contribution in [3.8, 4) is 22.3 Å². The average molecular weight is 985 g/mol. The molecule has 4 aromatic rings. The molecule has 4 aliphatic rings. The summed E-state index contributed by atoms with van der Waals surface area (Å²) in [6, 6.07) is 31.9. The zero-order chi connectivity index (χ0) is 43.0. The Kier molecular flexibility index (Phi) is 22.7. The Bertz CT molecular complexity index is 2210. The number of hydrogen-bond donors (Lipinski definition) is 0. The first-order valence-electron chi connectivity index (χ1n) is 23.3. The van der Waals surface area contributed by atoms with Crippen molar-refractivity contribution in [2.45, 2.75) is 142 Å². The molecule has 0 N–H and O–H groups in total. The number of hydrogen-bond acceptors (Lipinski definition) is 0. The van der Waals surface area contributed by atoms with Crippen LogP contribution in [-0.4, -0.2) is 11.6 Å². The van der Waals surface area contributed by atoms with Crippen LogP contribution in [0.15, 0.2) is 108 Å². The minimum absolute atomic E-state index is 0. The van der Waals surface area contributed by atoms with Gasteiger partial charge in [-0.1, -0.05) is 188 Å². The number of aryl methyl sites for hydroxylation is 2. The van der Waals surface area contributed by atoms with Gasteiger partial charge in [-0.25, -0.2) is 0 Å². The van der Waals surface area contributed by atoms with E-state index < -0.39 is 18.0 Å². The van der Waals surface area contributed by atoms with Crippen molar-refractivity contribution in [1.29, 1.82) is 0 Å². The van der Waals surface area contributed by atoms with Crippen LogP contribution in [0.3, 0.4) is 0 Å². The summed E-state index contributed by atoms with van der Waals surface area (Å²) in [4.78, 5) is 0. The van der Waals surface area contributed by atoms with Gasteiger partial charge >= 0.3 is 67.1 Å². The van der Waals surface area contributed by atoms with Crippen molar-refractivity contribution in [3.05, 3.63) is 140 Å². The Labute approximate surface area is 404 Å². The predicted octanol–water partition coefficient (Wildman–Crippen LogP) is 7.42. The first-order chi connectivity index (χ1) is 29.6. The molecule has 0 radical (unpaired) electrons. The SMILES string of the molecule is CCCc1ccc(-c2cccc3c2=CC(=CC2CCCCCC2)[C-]=3)cc1.CCCc1ccc(-c2cccc3c2=CC(=CC2CCCCCC2)[C-]=3)cc1.C[Si](=[Zr+2])CCC(F)(F)F.[Cl-].[Cl-]. The van der Waals surface area contributed by atoms with E-state index in [0.29, 0.717) is 6.04 Å². The fourth-order valence-corrected chi connectivity index (χ4v) is 10.7. The van der Waals surface area contributed by atoms with E-state index in [4.69, 9.17) is 0 Å². The maximum atomic E-state index is 11.4. The standard InChI is InChI=1S/2C26H29.C4H7F3Si.2ClH.Zr/c2*1-2-8-20-13-15-23(16-14-20)25-12-7-11-24-18-22(19-26(24)25)17-21-9-5-3-4-6-10-21;1-8-3-2-4(5,6)7;;;/h2*7,11-17,19,21H,2-6,8-10H2,1H3;2-3H2,1H3;2*1H;/q2*-1;;;;+2/p-2. The number of allylic oxidation sites excluding steroid dienone is 4. The maximum Gasteiger partial charge on any atom is -1.00 e. The Balaban J connectivity index is 0.000000226. The van der Waals surface area contributed by atoms with Crippen LogP contribution < -0.4 is 45.7 Å². The summed E-state index contributed by atoms with van der Waals surface area (Å²) >= 11 is 1.29. The van der Waals surface area contributed by atoms with E-state index >= 15 is 0 Å². The van der Waals surface area contributed by atoms with E-state index in [1.807, 2.05) is 6.55 Å². The third-order valence-corrected chi connectivity index (χ3v) is 15.2. The summed E-state index contributed by atoms with van der Waals surface area (Å²) in [6.45, 7) is 6.40. The molecule has 4 aliphatic carbocycles. The first-order valence-corrected chi connectivity index (χ1v) is 29.2. The molecule has 63 heavy (non-hydrogen) atoms. The summed E-state index contributed by atoms with van der Waals surface area (Å²) < 4.78 is 34.3. The van der Waals surface area contributed by atoms with E-state index in [1.54, 1.807) is 0 Å². The van der Waals surface area contributed by atoms with Gasteiger partial charge in [-0.2, -0.15) is 0 Å². The second kappa shape index (κ2) is 27.1. The second-order valence-corrected chi connectivity index (χ2v) is 26.0. The Morgan fingerprint density at radius 1 is 0.587 bits per heavy atom. The molecule has 8 rings (SSSR count). The van der Waals surface area contributed by atoms with Crippen molar-refractivity contribution in [2.24, 2.45) is 11.8 Å². The molecule has 0 aliphatic heterocycles. The average Bonchev–Trinajstić information content (AvgIpc) is 3.64. The topological polar surface area (TPSA) is 0 Å². The maximum absolute atomic E-state index is 11.4. The fourth-order valence-electron chi connectivity index (χ4n) is 9.11. The molecule has 0 nitrogen and oxygen atoms in total. The van der Waals surface area contributed by atoms with Crippen LogP contribution >= 0.6 is 0 Å². The van der Waals surface area contributed by atoms with E-state index in [2.05, 4.69) is 135 Å². The van der Waals surface area contributed by atoms with Crippen molar-refractivity contribution in [1.82, 2.24) is 0 Å². The molecule has 0 amide bonds. The quantitative estimate of drug-likeness (QED) is 0.0883. The predicted molar refractivity (Wildman–Crippen MR) is 252 cm³/mol. The minimum Gasteiger partial charge on any atom is -1.00 e. The summed E-state index contributed by atoms with van der Waals surface area (Å²) in [5, 5.41) is 5.19. The van der Waals surface area contributed by atoms with Gasteiger partial charge in [-0.05, 0) is 46.9 Å². The van der Waals surface area contributed by atoms with E-state index in [-0.39, 0.29) is 24.8 Å². The molecule has 0 bridgehead atoms. The second-order valence-electron chi connectivity index (χ2n) is 17.6. The summed E-state index contributed by atoms with van der Waals surface area (Å²) in [5.74, 6) is 1.48. The molecule has 2 fully saturated rings. The molecule has 0 aromatic heterocycles. The number of fused-ring (bicyclic) bond motifs is 2. The van der Waals surface area contributed by atoms with Crippen molar-refractivity contribution < 1.29 is 61.3 Å². The zero-order valence-corrected chi connectivity index (χ0v) is 42.6. The van der Waals surface area contributed by atoms with Gasteiger partial charge in [0.2, 0.25) is 0 Å². The van der Waals surface area contributed by atoms with Crippen LogP contribution in [0, 0.1) is 11.8 Å². The fraction of sp³-hybridized carbons (Fsp3) is 0.429. The van der Waals surface area contributed by atoms with Crippen molar-refractivity contribution in [2.75, 3.05) is 0 Å². The van der Waals surface area contributed by atoms with Gasteiger partial charge in [0, 0.05) is 0 Å². The van der Waals surface area contributed by atoms with E-state index in [9.17, 15) is 13.2 Å². The third kappa shape index (κ3) is 16.9. The van der Waals surface area contributed by atoms with Crippen molar-refractivity contribution in [3.63, 3.8) is 0 Å².